The highest BCUT2D eigenvalue weighted by molar-refractivity contribution is 6.03. The van der Waals surface area contributed by atoms with Gasteiger partial charge in [0.15, 0.2) is 0 Å². The molecule has 0 spiro atoms. The predicted octanol–water partition coefficient (Wildman–Crippen LogP) is 3.80. The van der Waals surface area contributed by atoms with Gasteiger partial charge in [-0.2, -0.15) is 0 Å². The molecule has 0 radical (unpaired) electrons. The third-order valence-electron chi connectivity index (χ3n) is 3.78. The van der Waals surface area contributed by atoms with Gasteiger partial charge in [0, 0.05) is 17.9 Å². The highest BCUT2D eigenvalue weighted by Crippen LogP contribution is 2.14. The smallest absolute Gasteiger partial charge is 0.274 e. The van der Waals surface area contributed by atoms with Crippen molar-refractivity contribution in [1.82, 2.24) is 9.97 Å². The largest absolute Gasteiger partial charge is 0.497 e. The number of hydrogen-bond donors (Lipinski definition) is 2. The molecular formula is C20H19FN4O2. The van der Waals surface area contributed by atoms with E-state index in [1.54, 1.807) is 26.2 Å². The van der Waals surface area contributed by atoms with Crippen LogP contribution in [0.3, 0.4) is 0 Å². The first kappa shape index (κ1) is 18.3. The molecule has 138 valence electrons. The molecule has 6 nitrogen and oxygen atoms in total. The molecule has 0 saturated carbocycles. The number of ether oxygens (including phenoxy) is 1. The lowest BCUT2D eigenvalue weighted by Gasteiger charge is -2.09. The van der Waals surface area contributed by atoms with Gasteiger partial charge in [0.2, 0.25) is 5.95 Å². The van der Waals surface area contributed by atoms with E-state index in [0.717, 1.165) is 11.3 Å². The summed E-state index contributed by atoms with van der Waals surface area (Å²) < 4.78 is 18.4. The van der Waals surface area contributed by atoms with Crippen LogP contribution in [0.25, 0.3) is 0 Å². The Morgan fingerprint density at radius 1 is 1.11 bits per heavy atom. The van der Waals surface area contributed by atoms with Crippen molar-refractivity contribution in [2.75, 3.05) is 17.7 Å². The van der Waals surface area contributed by atoms with E-state index in [2.05, 4.69) is 20.6 Å². The Labute approximate surface area is 156 Å². The number of carbonyl (C=O) groups excluding carboxylic acids is 1. The maximum Gasteiger partial charge on any atom is 0.274 e. The van der Waals surface area contributed by atoms with Gasteiger partial charge in [0.25, 0.3) is 5.91 Å². The summed E-state index contributed by atoms with van der Waals surface area (Å²) in [4.78, 5) is 21.0. The van der Waals surface area contributed by atoms with Crippen molar-refractivity contribution in [3.05, 3.63) is 77.4 Å². The van der Waals surface area contributed by atoms with Gasteiger partial charge in [0.05, 0.1) is 7.11 Å². The number of amides is 1. The summed E-state index contributed by atoms with van der Waals surface area (Å²) in [7, 11) is 1.62. The van der Waals surface area contributed by atoms with Crippen LogP contribution in [0.5, 0.6) is 5.75 Å². The lowest BCUT2D eigenvalue weighted by atomic mass is 10.2. The summed E-state index contributed by atoms with van der Waals surface area (Å²) in [6.45, 7) is 2.28. The van der Waals surface area contributed by atoms with E-state index >= 15 is 0 Å². The molecule has 2 aromatic carbocycles. The summed E-state index contributed by atoms with van der Waals surface area (Å²) >= 11 is 0. The molecule has 0 atom stereocenters. The number of nitrogens with one attached hydrogen (secondary N) is 2. The molecule has 1 amide bonds. The zero-order chi connectivity index (χ0) is 19.2. The van der Waals surface area contributed by atoms with Crippen molar-refractivity contribution in [3.8, 4) is 5.75 Å². The Morgan fingerprint density at radius 2 is 1.89 bits per heavy atom. The molecule has 0 aliphatic rings. The molecule has 7 heteroatoms. The molecule has 0 aliphatic carbocycles. The number of halogens is 1. The van der Waals surface area contributed by atoms with Crippen LogP contribution >= 0.6 is 0 Å². The van der Waals surface area contributed by atoms with Crippen molar-refractivity contribution < 1.29 is 13.9 Å². The van der Waals surface area contributed by atoms with Crippen molar-refractivity contribution in [3.63, 3.8) is 0 Å². The first-order valence-corrected chi connectivity index (χ1v) is 8.33. The van der Waals surface area contributed by atoms with Gasteiger partial charge >= 0.3 is 0 Å². The van der Waals surface area contributed by atoms with E-state index in [1.807, 2.05) is 24.3 Å². The lowest BCUT2D eigenvalue weighted by molar-refractivity contribution is 0.102. The van der Waals surface area contributed by atoms with E-state index in [-0.39, 0.29) is 5.69 Å². The second-order valence-corrected chi connectivity index (χ2v) is 5.88. The van der Waals surface area contributed by atoms with Crippen molar-refractivity contribution in [2.45, 2.75) is 13.5 Å². The first-order chi connectivity index (χ1) is 13.0. The standard InChI is InChI=1S/C20H19FN4O2/c1-13-10-18(19(26)24-16-5-3-4-15(21)11-16)25-20(23-13)22-12-14-6-8-17(27-2)9-7-14/h3-11H,12H2,1-2H3,(H,24,26)(H,22,23,25). The topological polar surface area (TPSA) is 76.1 Å². The molecule has 3 rings (SSSR count). The maximum absolute atomic E-state index is 13.3. The van der Waals surface area contributed by atoms with Gasteiger partial charge in [0.1, 0.15) is 17.3 Å². The Hall–Kier alpha value is -3.48. The molecule has 3 aromatic rings. The predicted molar refractivity (Wildman–Crippen MR) is 101 cm³/mol. The Morgan fingerprint density at radius 3 is 2.59 bits per heavy atom. The van der Waals surface area contributed by atoms with Crippen molar-refractivity contribution >= 4 is 17.5 Å². The quantitative estimate of drug-likeness (QED) is 0.694. The van der Waals surface area contributed by atoms with Crippen LogP contribution in [-0.4, -0.2) is 23.0 Å². The minimum absolute atomic E-state index is 0.198. The zero-order valence-electron chi connectivity index (χ0n) is 15.0. The van der Waals surface area contributed by atoms with Gasteiger partial charge in [-0.3, -0.25) is 4.79 Å². The molecule has 0 bridgehead atoms. The van der Waals surface area contributed by atoms with E-state index in [0.29, 0.717) is 23.9 Å². The summed E-state index contributed by atoms with van der Waals surface area (Å²) in [5.74, 6) is 0.268. The number of benzene rings is 2. The molecule has 1 heterocycles. The fraction of sp³-hybridized carbons (Fsp3) is 0.150. The normalized spacial score (nSPS) is 10.3. The van der Waals surface area contributed by atoms with Crippen LogP contribution in [0.1, 0.15) is 21.7 Å². The van der Waals surface area contributed by atoms with Crippen LogP contribution in [0.4, 0.5) is 16.0 Å². The summed E-state index contributed by atoms with van der Waals surface area (Å²) in [6, 6.07) is 14.9. The number of aryl methyl sites for hydroxylation is 1. The SMILES string of the molecule is COc1ccc(CNc2nc(C)cc(C(=O)Nc3cccc(F)c3)n2)cc1. The molecule has 0 fully saturated rings. The lowest BCUT2D eigenvalue weighted by Crippen LogP contribution is -2.16. The van der Waals surface area contributed by atoms with E-state index < -0.39 is 11.7 Å². The van der Waals surface area contributed by atoms with Gasteiger partial charge in [-0.25, -0.2) is 14.4 Å². The van der Waals surface area contributed by atoms with Crippen LogP contribution in [-0.2, 0) is 6.54 Å². The van der Waals surface area contributed by atoms with Crippen LogP contribution < -0.4 is 15.4 Å². The Kier molecular flexibility index (Phi) is 5.61. The number of aromatic nitrogens is 2. The molecule has 27 heavy (non-hydrogen) atoms. The number of rotatable bonds is 6. The summed E-state index contributed by atoms with van der Waals surface area (Å²) in [6.07, 6.45) is 0. The molecule has 0 saturated heterocycles. The molecule has 1 aromatic heterocycles. The third-order valence-corrected chi connectivity index (χ3v) is 3.78. The Bertz CT molecular complexity index is 945. The molecule has 2 N–H and O–H groups in total. The van der Waals surface area contributed by atoms with Crippen LogP contribution in [0.15, 0.2) is 54.6 Å². The van der Waals surface area contributed by atoms with Gasteiger partial charge in [-0.05, 0) is 48.9 Å². The van der Waals surface area contributed by atoms with Gasteiger partial charge in [-0.15, -0.1) is 0 Å². The fourth-order valence-electron chi connectivity index (χ4n) is 2.45. The molecule has 0 aliphatic heterocycles. The van der Waals surface area contributed by atoms with E-state index in [1.165, 1.54) is 18.2 Å². The average Bonchev–Trinajstić information content (AvgIpc) is 2.66. The minimum atomic E-state index is -0.432. The monoisotopic (exact) mass is 366 g/mol. The third kappa shape index (κ3) is 5.01. The Balaban J connectivity index is 1.70. The number of anilines is 2. The second-order valence-electron chi connectivity index (χ2n) is 5.88. The fourth-order valence-corrected chi connectivity index (χ4v) is 2.45. The first-order valence-electron chi connectivity index (χ1n) is 8.33. The van der Waals surface area contributed by atoms with E-state index in [4.69, 9.17) is 4.74 Å². The second kappa shape index (κ2) is 8.27. The highest BCUT2D eigenvalue weighted by Gasteiger charge is 2.11. The molecular weight excluding hydrogens is 347 g/mol. The number of hydrogen-bond acceptors (Lipinski definition) is 5. The maximum atomic E-state index is 13.3. The van der Waals surface area contributed by atoms with Crippen molar-refractivity contribution in [2.24, 2.45) is 0 Å². The van der Waals surface area contributed by atoms with Gasteiger partial charge in [-0.1, -0.05) is 18.2 Å². The average molecular weight is 366 g/mol. The van der Waals surface area contributed by atoms with Crippen LogP contribution in [0.2, 0.25) is 0 Å². The summed E-state index contributed by atoms with van der Waals surface area (Å²) in [5, 5.41) is 5.73. The van der Waals surface area contributed by atoms with E-state index in [9.17, 15) is 9.18 Å². The molecule has 0 unspecified atom stereocenters. The van der Waals surface area contributed by atoms with Crippen molar-refractivity contribution in [1.29, 1.82) is 0 Å². The van der Waals surface area contributed by atoms with Crippen LogP contribution in [0, 0.1) is 12.7 Å². The number of carbonyl (C=O) groups is 1. The summed E-state index contributed by atoms with van der Waals surface area (Å²) in [5.41, 5.74) is 2.23. The highest BCUT2D eigenvalue weighted by atomic mass is 19.1. The number of nitrogens with zero attached hydrogens (tertiary/aromatic N) is 2. The number of methoxy groups -OCH3 is 1. The zero-order valence-corrected chi connectivity index (χ0v) is 15.0. The van der Waals surface area contributed by atoms with Gasteiger partial charge < -0.3 is 15.4 Å². The minimum Gasteiger partial charge on any atom is -0.497 e.